The molecule has 1 aromatic carbocycles. The first-order valence-corrected chi connectivity index (χ1v) is 11.8. The quantitative estimate of drug-likeness (QED) is 0.173. The number of hydrogen-bond acceptors (Lipinski definition) is 4. The number of hydrogen-bond donors (Lipinski definition) is 1. The summed E-state index contributed by atoms with van der Waals surface area (Å²) in [6, 6.07) is 9.26. The first kappa shape index (κ1) is 25.0. The van der Waals surface area contributed by atoms with Gasteiger partial charge in [0.15, 0.2) is 11.1 Å². The van der Waals surface area contributed by atoms with Gasteiger partial charge in [-0.05, 0) is 38.0 Å². The number of halogens is 1. The number of nitrogens with zero attached hydrogens (tertiary/aromatic N) is 5. The zero-order valence-electron chi connectivity index (χ0n) is 18.6. The Balaban J connectivity index is 0.00000320. The minimum absolute atomic E-state index is 0. The average Bonchev–Trinajstić information content (AvgIpc) is 3.38. The Labute approximate surface area is 202 Å². The summed E-state index contributed by atoms with van der Waals surface area (Å²) in [5.41, 5.74) is 2.57. The van der Waals surface area contributed by atoms with E-state index < -0.39 is 0 Å². The van der Waals surface area contributed by atoms with Gasteiger partial charge in [0.25, 0.3) is 0 Å². The van der Waals surface area contributed by atoms with E-state index in [4.69, 9.17) is 0 Å². The van der Waals surface area contributed by atoms with Crippen molar-refractivity contribution in [3.63, 3.8) is 0 Å². The molecule has 1 aromatic heterocycles. The van der Waals surface area contributed by atoms with Gasteiger partial charge in [-0.15, -0.1) is 34.2 Å². The van der Waals surface area contributed by atoms with Crippen molar-refractivity contribution in [1.82, 2.24) is 25.0 Å². The summed E-state index contributed by atoms with van der Waals surface area (Å²) in [6.45, 7) is 3.83. The van der Waals surface area contributed by atoms with Crippen LogP contribution in [-0.4, -0.2) is 52.5 Å². The zero-order valence-corrected chi connectivity index (χ0v) is 21.7. The van der Waals surface area contributed by atoms with Crippen LogP contribution in [-0.2, 0) is 13.0 Å². The molecule has 1 N–H and O–H groups in total. The first-order chi connectivity index (χ1) is 14.1. The second-order valence-electron chi connectivity index (χ2n) is 7.83. The highest BCUT2D eigenvalue weighted by Crippen LogP contribution is 2.33. The molecule has 0 spiro atoms. The van der Waals surface area contributed by atoms with Gasteiger partial charge in [0.05, 0.1) is 0 Å². The Morgan fingerprint density at radius 2 is 1.93 bits per heavy atom. The van der Waals surface area contributed by atoms with Crippen LogP contribution in [0.2, 0.25) is 0 Å². The van der Waals surface area contributed by atoms with E-state index >= 15 is 0 Å². The van der Waals surface area contributed by atoms with Gasteiger partial charge < -0.3 is 14.8 Å². The standard InChI is InChI=1S/C22H34N6S.HI/c1-17-11-13-18(14-12-17)16-27(3)21(23-2)24-15-7-10-20-25-26-22(29-4)28(20)19-8-5-6-9-19;/h11-14,19H,5-10,15-16H2,1-4H3,(H,23,24);1H. The Morgan fingerprint density at radius 1 is 1.23 bits per heavy atom. The van der Waals surface area contributed by atoms with Gasteiger partial charge in [-0.2, -0.15) is 0 Å². The summed E-state index contributed by atoms with van der Waals surface area (Å²) >= 11 is 1.70. The Hall–Kier alpha value is -1.29. The van der Waals surface area contributed by atoms with Crippen molar-refractivity contribution >= 4 is 41.7 Å². The third-order valence-corrected chi connectivity index (χ3v) is 6.23. The van der Waals surface area contributed by atoms with Crippen LogP contribution in [0.4, 0.5) is 0 Å². The topological polar surface area (TPSA) is 58.3 Å². The summed E-state index contributed by atoms with van der Waals surface area (Å²) in [5.74, 6) is 2.05. The molecule has 2 aromatic rings. The number of aryl methyl sites for hydroxylation is 2. The van der Waals surface area contributed by atoms with Crippen molar-refractivity contribution in [3.05, 3.63) is 41.2 Å². The molecule has 8 heteroatoms. The Morgan fingerprint density at radius 3 is 2.57 bits per heavy atom. The van der Waals surface area contributed by atoms with E-state index in [2.05, 4.69) is 74.5 Å². The average molecular weight is 543 g/mol. The molecule has 1 heterocycles. The maximum Gasteiger partial charge on any atom is 0.193 e. The number of thioether (sulfide) groups is 1. The van der Waals surface area contributed by atoms with Crippen molar-refractivity contribution in [2.24, 2.45) is 4.99 Å². The Bertz CT molecular complexity index is 798. The summed E-state index contributed by atoms with van der Waals surface area (Å²) in [5, 5.41) is 13.5. The number of nitrogens with one attached hydrogen (secondary N) is 1. The van der Waals surface area contributed by atoms with Gasteiger partial charge >= 0.3 is 0 Å². The van der Waals surface area contributed by atoms with E-state index in [1.165, 1.54) is 36.8 Å². The van der Waals surface area contributed by atoms with E-state index in [1.54, 1.807) is 11.8 Å². The summed E-state index contributed by atoms with van der Waals surface area (Å²) < 4.78 is 2.40. The number of rotatable bonds is 8. The van der Waals surface area contributed by atoms with Gasteiger partial charge in [0.2, 0.25) is 0 Å². The fourth-order valence-corrected chi connectivity index (χ4v) is 4.59. The summed E-state index contributed by atoms with van der Waals surface area (Å²) in [4.78, 5) is 6.60. The van der Waals surface area contributed by atoms with Gasteiger partial charge in [-0.1, -0.05) is 54.4 Å². The lowest BCUT2D eigenvalue weighted by Crippen LogP contribution is -2.39. The predicted molar refractivity (Wildman–Crippen MR) is 137 cm³/mol. The van der Waals surface area contributed by atoms with Crippen LogP contribution >= 0.6 is 35.7 Å². The zero-order chi connectivity index (χ0) is 20.6. The maximum atomic E-state index is 4.49. The molecule has 1 aliphatic carbocycles. The van der Waals surface area contributed by atoms with Crippen molar-refractivity contribution in [2.75, 3.05) is 26.9 Å². The largest absolute Gasteiger partial charge is 0.356 e. The molecule has 1 fully saturated rings. The van der Waals surface area contributed by atoms with Gasteiger partial charge in [0, 0.05) is 39.6 Å². The highest BCUT2D eigenvalue weighted by atomic mass is 127. The van der Waals surface area contributed by atoms with Crippen molar-refractivity contribution in [3.8, 4) is 0 Å². The van der Waals surface area contributed by atoms with Crippen LogP contribution in [0.25, 0.3) is 0 Å². The van der Waals surface area contributed by atoms with Crippen LogP contribution < -0.4 is 5.32 Å². The highest BCUT2D eigenvalue weighted by Gasteiger charge is 2.23. The maximum absolute atomic E-state index is 4.49. The van der Waals surface area contributed by atoms with E-state index in [-0.39, 0.29) is 24.0 Å². The number of guanidine groups is 1. The van der Waals surface area contributed by atoms with Crippen LogP contribution in [0.5, 0.6) is 0 Å². The van der Waals surface area contributed by atoms with E-state index in [0.717, 1.165) is 42.9 Å². The fraction of sp³-hybridized carbons (Fsp3) is 0.591. The molecular formula is C22H35IN6S. The molecular weight excluding hydrogens is 507 g/mol. The molecule has 0 unspecified atom stereocenters. The Kier molecular flexibility index (Phi) is 10.4. The van der Waals surface area contributed by atoms with Crippen molar-refractivity contribution in [1.29, 1.82) is 0 Å². The summed E-state index contributed by atoms with van der Waals surface area (Å²) in [6.07, 6.45) is 9.20. The van der Waals surface area contributed by atoms with Gasteiger partial charge in [-0.3, -0.25) is 4.99 Å². The molecule has 0 radical (unpaired) electrons. The minimum atomic E-state index is 0. The molecule has 0 aliphatic heterocycles. The monoisotopic (exact) mass is 542 g/mol. The lowest BCUT2D eigenvalue weighted by Gasteiger charge is -2.22. The second-order valence-corrected chi connectivity index (χ2v) is 8.60. The molecule has 1 saturated carbocycles. The van der Waals surface area contributed by atoms with Gasteiger partial charge in [0.1, 0.15) is 5.82 Å². The SMILES string of the molecule is CN=C(NCCCc1nnc(SC)n1C1CCCC1)N(C)Cc1ccc(C)cc1.I. The third kappa shape index (κ3) is 6.60. The second kappa shape index (κ2) is 12.5. The minimum Gasteiger partial charge on any atom is -0.356 e. The molecule has 6 nitrogen and oxygen atoms in total. The van der Waals surface area contributed by atoms with Crippen LogP contribution in [0.1, 0.15) is 55.1 Å². The van der Waals surface area contributed by atoms with Crippen LogP contribution in [0.3, 0.4) is 0 Å². The normalized spacial score (nSPS) is 14.6. The lowest BCUT2D eigenvalue weighted by molar-refractivity contribution is 0.457. The first-order valence-electron chi connectivity index (χ1n) is 10.6. The van der Waals surface area contributed by atoms with Crippen molar-refractivity contribution < 1.29 is 0 Å². The third-order valence-electron chi connectivity index (χ3n) is 5.58. The number of aromatic nitrogens is 3. The smallest absolute Gasteiger partial charge is 0.193 e. The molecule has 30 heavy (non-hydrogen) atoms. The molecule has 1 aliphatic rings. The highest BCUT2D eigenvalue weighted by molar-refractivity contribution is 14.0. The number of aliphatic imine (C=N–C) groups is 1. The van der Waals surface area contributed by atoms with Crippen molar-refractivity contribution in [2.45, 2.75) is 63.2 Å². The molecule has 3 rings (SSSR count). The van der Waals surface area contributed by atoms with E-state index in [0.29, 0.717) is 6.04 Å². The molecule has 0 saturated heterocycles. The lowest BCUT2D eigenvalue weighted by atomic mass is 10.1. The van der Waals surface area contributed by atoms with E-state index in [9.17, 15) is 0 Å². The number of benzene rings is 1. The van der Waals surface area contributed by atoms with E-state index in [1.807, 2.05) is 7.05 Å². The van der Waals surface area contributed by atoms with Crippen LogP contribution in [0.15, 0.2) is 34.4 Å². The predicted octanol–water partition coefficient (Wildman–Crippen LogP) is 4.68. The van der Waals surface area contributed by atoms with Gasteiger partial charge in [-0.25, -0.2) is 0 Å². The van der Waals surface area contributed by atoms with Crippen LogP contribution in [0, 0.1) is 6.92 Å². The molecule has 0 amide bonds. The molecule has 166 valence electrons. The fourth-order valence-electron chi connectivity index (χ4n) is 4.02. The molecule has 0 bridgehead atoms. The molecule has 0 atom stereocenters. The summed E-state index contributed by atoms with van der Waals surface area (Å²) in [7, 11) is 3.92.